The highest BCUT2D eigenvalue weighted by Gasteiger charge is 2.15. The molecule has 1 aromatic heterocycles. The van der Waals surface area contributed by atoms with E-state index in [2.05, 4.69) is 9.98 Å². The van der Waals surface area contributed by atoms with Crippen LogP contribution in [0.4, 0.5) is 0 Å². The topological polar surface area (TPSA) is 68.3 Å². The highest BCUT2D eigenvalue weighted by Crippen LogP contribution is 2.17. The summed E-state index contributed by atoms with van der Waals surface area (Å²) in [6, 6.07) is 5.65. The van der Waals surface area contributed by atoms with E-state index in [9.17, 15) is 4.79 Å². The van der Waals surface area contributed by atoms with Gasteiger partial charge < -0.3 is 5.73 Å². The molecule has 76 valence electrons. The number of aliphatic imine (C=N–C) groups is 1. The standard InChI is InChI=1S/C11H11N3O/c12-11(15)9-5-8(6-13-7-9)10-3-1-2-4-14-10/h1-5,7,9H,6H2,(H2,12,15). The minimum Gasteiger partial charge on any atom is -0.369 e. The van der Waals surface area contributed by atoms with Crippen molar-refractivity contribution in [2.75, 3.05) is 6.54 Å². The Morgan fingerprint density at radius 1 is 1.47 bits per heavy atom. The third-order valence-electron chi connectivity index (χ3n) is 2.23. The molecule has 0 fully saturated rings. The van der Waals surface area contributed by atoms with Crippen LogP contribution in [0.25, 0.3) is 5.57 Å². The molecule has 0 radical (unpaired) electrons. The quantitative estimate of drug-likeness (QED) is 0.763. The monoisotopic (exact) mass is 201 g/mol. The van der Waals surface area contributed by atoms with Gasteiger partial charge in [0, 0.05) is 12.4 Å². The van der Waals surface area contributed by atoms with Crippen LogP contribution in [0.1, 0.15) is 5.69 Å². The smallest absolute Gasteiger partial charge is 0.229 e. The minimum atomic E-state index is -0.407. The number of pyridine rings is 1. The van der Waals surface area contributed by atoms with Crippen molar-refractivity contribution < 1.29 is 4.79 Å². The molecule has 0 saturated heterocycles. The van der Waals surface area contributed by atoms with Crippen molar-refractivity contribution in [2.24, 2.45) is 16.6 Å². The van der Waals surface area contributed by atoms with E-state index in [4.69, 9.17) is 5.73 Å². The molecule has 2 heterocycles. The van der Waals surface area contributed by atoms with Crippen molar-refractivity contribution >= 4 is 17.7 Å². The fourth-order valence-corrected chi connectivity index (χ4v) is 1.45. The van der Waals surface area contributed by atoms with Crippen LogP contribution in [0.5, 0.6) is 0 Å². The summed E-state index contributed by atoms with van der Waals surface area (Å²) in [5.74, 6) is -0.789. The van der Waals surface area contributed by atoms with Gasteiger partial charge in [-0.25, -0.2) is 0 Å². The Bertz CT molecular complexity index is 423. The first kappa shape index (κ1) is 9.58. The van der Waals surface area contributed by atoms with Gasteiger partial charge in [0.05, 0.1) is 18.2 Å². The SMILES string of the molecule is NC(=O)C1C=NCC(c2ccccn2)=C1. The normalized spacial score (nSPS) is 19.7. The number of nitrogens with zero attached hydrogens (tertiary/aromatic N) is 2. The summed E-state index contributed by atoms with van der Waals surface area (Å²) in [6.45, 7) is 0.556. The Balaban J connectivity index is 2.28. The first-order valence-corrected chi connectivity index (χ1v) is 4.69. The van der Waals surface area contributed by atoms with Crippen molar-refractivity contribution in [2.45, 2.75) is 0 Å². The number of hydrogen-bond acceptors (Lipinski definition) is 3. The Labute approximate surface area is 87.5 Å². The van der Waals surface area contributed by atoms with E-state index in [0.717, 1.165) is 11.3 Å². The Hall–Kier alpha value is -1.97. The summed E-state index contributed by atoms with van der Waals surface area (Å²) in [5, 5.41) is 0. The molecule has 0 aliphatic carbocycles. The van der Waals surface area contributed by atoms with Crippen LogP contribution in [-0.2, 0) is 4.79 Å². The number of aromatic nitrogens is 1. The fourth-order valence-electron chi connectivity index (χ4n) is 1.45. The number of dihydropyridines is 1. The van der Waals surface area contributed by atoms with Crippen LogP contribution < -0.4 is 5.73 Å². The van der Waals surface area contributed by atoms with Crippen LogP contribution in [0, 0.1) is 5.92 Å². The van der Waals surface area contributed by atoms with E-state index in [1.165, 1.54) is 0 Å². The number of carbonyl (C=O) groups is 1. The van der Waals surface area contributed by atoms with Crippen molar-refractivity contribution in [3.8, 4) is 0 Å². The third kappa shape index (κ3) is 2.10. The minimum absolute atomic E-state index is 0.383. The van der Waals surface area contributed by atoms with Crippen LogP contribution >= 0.6 is 0 Å². The molecule has 1 unspecified atom stereocenters. The summed E-state index contributed by atoms with van der Waals surface area (Å²) < 4.78 is 0. The number of amides is 1. The van der Waals surface area contributed by atoms with Crippen LogP contribution in [0.3, 0.4) is 0 Å². The van der Waals surface area contributed by atoms with Gasteiger partial charge in [-0.15, -0.1) is 0 Å². The largest absolute Gasteiger partial charge is 0.369 e. The second-order valence-electron chi connectivity index (χ2n) is 3.32. The van der Waals surface area contributed by atoms with Crippen molar-refractivity contribution in [3.63, 3.8) is 0 Å². The van der Waals surface area contributed by atoms with Gasteiger partial charge in [0.1, 0.15) is 0 Å². The summed E-state index contributed by atoms with van der Waals surface area (Å²) >= 11 is 0. The zero-order valence-corrected chi connectivity index (χ0v) is 8.13. The zero-order chi connectivity index (χ0) is 10.7. The van der Waals surface area contributed by atoms with Crippen LogP contribution in [-0.4, -0.2) is 23.7 Å². The molecule has 1 atom stereocenters. The maximum atomic E-state index is 11.0. The molecule has 1 aliphatic rings. The fraction of sp³-hybridized carbons (Fsp3) is 0.182. The Morgan fingerprint density at radius 3 is 3.00 bits per heavy atom. The molecule has 2 rings (SSSR count). The van der Waals surface area contributed by atoms with Gasteiger partial charge in [-0.1, -0.05) is 12.1 Å². The highest BCUT2D eigenvalue weighted by molar-refractivity contribution is 5.97. The number of hydrogen-bond donors (Lipinski definition) is 1. The van der Waals surface area contributed by atoms with E-state index in [1.807, 2.05) is 24.3 Å². The van der Waals surface area contributed by atoms with E-state index < -0.39 is 5.92 Å². The molecular formula is C11H11N3O. The molecule has 4 nitrogen and oxygen atoms in total. The predicted octanol–water partition coefficient (Wildman–Crippen LogP) is 0.651. The molecule has 1 amide bonds. The summed E-state index contributed by atoms with van der Waals surface area (Å²) in [5.41, 5.74) is 7.01. The molecule has 15 heavy (non-hydrogen) atoms. The molecule has 0 aromatic carbocycles. The van der Waals surface area contributed by atoms with Gasteiger partial charge in [0.25, 0.3) is 0 Å². The summed E-state index contributed by atoms with van der Waals surface area (Å²) in [7, 11) is 0. The number of rotatable bonds is 2. The van der Waals surface area contributed by atoms with E-state index >= 15 is 0 Å². The third-order valence-corrected chi connectivity index (χ3v) is 2.23. The highest BCUT2D eigenvalue weighted by atomic mass is 16.1. The maximum Gasteiger partial charge on any atom is 0.229 e. The molecule has 2 N–H and O–H groups in total. The lowest BCUT2D eigenvalue weighted by Crippen LogP contribution is -2.24. The van der Waals surface area contributed by atoms with Crippen molar-refractivity contribution in [3.05, 3.63) is 36.2 Å². The molecular weight excluding hydrogens is 190 g/mol. The second kappa shape index (κ2) is 4.04. The molecule has 1 aromatic rings. The zero-order valence-electron chi connectivity index (χ0n) is 8.13. The lowest BCUT2D eigenvalue weighted by atomic mass is 10.0. The van der Waals surface area contributed by atoms with Gasteiger partial charge in [-0.2, -0.15) is 0 Å². The Kier molecular flexibility index (Phi) is 2.58. The number of primary amides is 1. The maximum absolute atomic E-state index is 11.0. The molecule has 1 aliphatic heterocycles. The first-order chi connectivity index (χ1) is 7.27. The van der Waals surface area contributed by atoms with E-state index in [0.29, 0.717) is 6.54 Å². The number of nitrogens with two attached hydrogens (primary N) is 1. The summed E-state index contributed by atoms with van der Waals surface area (Å²) in [6.07, 6.45) is 5.11. The van der Waals surface area contributed by atoms with Crippen molar-refractivity contribution in [1.82, 2.24) is 4.98 Å². The van der Waals surface area contributed by atoms with Gasteiger partial charge in [0.15, 0.2) is 0 Å². The van der Waals surface area contributed by atoms with Gasteiger partial charge in [-0.05, 0) is 17.7 Å². The lowest BCUT2D eigenvalue weighted by Gasteiger charge is -2.12. The van der Waals surface area contributed by atoms with Crippen LogP contribution in [0.15, 0.2) is 35.5 Å². The number of carbonyl (C=O) groups excluding carboxylic acids is 1. The van der Waals surface area contributed by atoms with Gasteiger partial charge in [0.2, 0.25) is 5.91 Å². The first-order valence-electron chi connectivity index (χ1n) is 4.69. The Morgan fingerprint density at radius 2 is 2.33 bits per heavy atom. The average molecular weight is 201 g/mol. The van der Waals surface area contributed by atoms with Gasteiger partial charge >= 0.3 is 0 Å². The second-order valence-corrected chi connectivity index (χ2v) is 3.32. The predicted molar refractivity (Wildman–Crippen MR) is 58.3 cm³/mol. The van der Waals surface area contributed by atoms with Crippen molar-refractivity contribution in [1.29, 1.82) is 0 Å². The summed E-state index contributed by atoms with van der Waals surface area (Å²) in [4.78, 5) is 19.3. The van der Waals surface area contributed by atoms with Gasteiger partial charge in [-0.3, -0.25) is 14.8 Å². The van der Waals surface area contributed by atoms with E-state index in [-0.39, 0.29) is 5.91 Å². The van der Waals surface area contributed by atoms with Crippen LogP contribution in [0.2, 0.25) is 0 Å². The molecule has 0 spiro atoms. The average Bonchev–Trinajstić information content (AvgIpc) is 2.30. The molecule has 0 bridgehead atoms. The molecule has 4 heteroatoms. The lowest BCUT2D eigenvalue weighted by molar-refractivity contribution is -0.118. The van der Waals surface area contributed by atoms with E-state index in [1.54, 1.807) is 12.4 Å². The molecule has 0 saturated carbocycles.